The van der Waals surface area contributed by atoms with Gasteiger partial charge in [-0.1, -0.05) is 41.6 Å². The Kier molecular flexibility index (Phi) is 7.18. The van der Waals surface area contributed by atoms with Crippen molar-refractivity contribution in [2.75, 3.05) is 24.4 Å². The van der Waals surface area contributed by atoms with Crippen molar-refractivity contribution in [3.63, 3.8) is 0 Å². The first kappa shape index (κ1) is 25.5. The van der Waals surface area contributed by atoms with Crippen LogP contribution in [0.5, 0.6) is 11.5 Å². The van der Waals surface area contributed by atoms with Gasteiger partial charge in [-0.3, -0.25) is 9.59 Å². The van der Waals surface area contributed by atoms with E-state index in [0.717, 1.165) is 23.9 Å². The molecule has 0 saturated heterocycles. The summed E-state index contributed by atoms with van der Waals surface area (Å²) in [5, 5.41) is 2.74. The van der Waals surface area contributed by atoms with Crippen LogP contribution in [0.2, 0.25) is 5.02 Å². The van der Waals surface area contributed by atoms with Gasteiger partial charge in [0.05, 0.1) is 36.2 Å². The van der Waals surface area contributed by atoms with Crippen molar-refractivity contribution in [2.24, 2.45) is 0 Å². The van der Waals surface area contributed by atoms with Gasteiger partial charge in [0.25, 0.3) is 11.8 Å². The van der Waals surface area contributed by atoms with Crippen molar-refractivity contribution in [1.82, 2.24) is 0 Å². The second kappa shape index (κ2) is 10.2. The Morgan fingerprint density at radius 2 is 1.64 bits per heavy atom. The maximum absolute atomic E-state index is 13.5. The molecule has 0 atom stereocenters. The molecule has 0 aliphatic carbocycles. The van der Waals surface area contributed by atoms with E-state index >= 15 is 0 Å². The minimum absolute atomic E-state index is 0.0162. The molecule has 0 unspecified atom stereocenters. The van der Waals surface area contributed by atoms with Gasteiger partial charge in [-0.25, -0.2) is 4.90 Å². The van der Waals surface area contributed by atoms with Crippen LogP contribution in [0.4, 0.5) is 24.5 Å². The number of amides is 2. The third-order valence-electron chi connectivity index (χ3n) is 5.19. The minimum atomic E-state index is -4.70. The third kappa shape index (κ3) is 5.00. The molecule has 1 heterocycles. The van der Waals surface area contributed by atoms with Crippen molar-refractivity contribution in [2.45, 2.75) is 11.1 Å². The number of nitrogens with zero attached hydrogens (tertiary/aromatic N) is 1. The second-order valence-corrected chi connectivity index (χ2v) is 8.91. The van der Waals surface area contributed by atoms with E-state index < -0.39 is 23.6 Å². The number of halogens is 4. The first-order valence-corrected chi connectivity index (χ1v) is 11.5. The number of hydrogen-bond acceptors (Lipinski definition) is 6. The normalized spacial score (nSPS) is 13.9. The van der Waals surface area contributed by atoms with Gasteiger partial charge in [0.15, 0.2) is 0 Å². The fourth-order valence-corrected chi connectivity index (χ4v) is 4.59. The van der Waals surface area contributed by atoms with E-state index in [1.165, 1.54) is 14.2 Å². The van der Waals surface area contributed by atoms with Crippen LogP contribution in [0.1, 0.15) is 5.56 Å². The molecule has 0 fully saturated rings. The monoisotopic (exact) mass is 534 g/mol. The molecule has 3 aromatic carbocycles. The zero-order valence-corrected chi connectivity index (χ0v) is 20.4. The molecule has 36 heavy (non-hydrogen) atoms. The van der Waals surface area contributed by atoms with Crippen molar-refractivity contribution >= 4 is 46.6 Å². The predicted molar refractivity (Wildman–Crippen MR) is 131 cm³/mol. The lowest BCUT2D eigenvalue weighted by molar-refractivity contribution is -0.137. The highest BCUT2D eigenvalue weighted by molar-refractivity contribution is 8.04. The Hall–Kier alpha value is -3.63. The van der Waals surface area contributed by atoms with E-state index in [4.69, 9.17) is 21.1 Å². The number of carbonyl (C=O) groups excluding carboxylic acids is 2. The minimum Gasteiger partial charge on any atom is -0.497 e. The van der Waals surface area contributed by atoms with Crippen molar-refractivity contribution in [1.29, 1.82) is 0 Å². The van der Waals surface area contributed by atoms with Crippen LogP contribution < -0.4 is 19.7 Å². The summed E-state index contributed by atoms with van der Waals surface area (Å²) in [5.41, 5.74) is -1.20. The van der Waals surface area contributed by atoms with E-state index in [2.05, 4.69) is 5.32 Å². The second-order valence-electron chi connectivity index (χ2n) is 7.42. The van der Waals surface area contributed by atoms with Gasteiger partial charge in [-0.05, 0) is 42.5 Å². The van der Waals surface area contributed by atoms with Crippen LogP contribution in [0, 0.1) is 0 Å². The number of imide groups is 1. The fraction of sp³-hybridized carbons (Fsp3) is 0.120. The van der Waals surface area contributed by atoms with Gasteiger partial charge in [-0.15, -0.1) is 0 Å². The number of nitrogens with one attached hydrogen (secondary N) is 1. The average Bonchev–Trinajstić information content (AvgIpc) is 3.08. The molecule has 0 radical (unpaired) electrons. The first-order chi connectivity index (χ1) is 17.1. The molecule has 4 rings (SSSR count). The van der Waals surface area contributed by atoms with E-state index in [1.807, 2.05) is 0 Å². The number of methoxy groups -OCH3 is 2. The number of alkyl halides is 3. The fourth-order valence-electron chi connectivity index (χ4n) is 3.44. The molecule has 186 valence electrons. The molecule has 1 aliphatic heterocycles. The molecule has 1 aliphatic rings. The van der Waals surface area contributed by atoms with Gasteiger partial charge < -0.3 is 14.8 Å². The zero-order valence-electron chi connectivity index (χ0n) is 18.9. The predicted octanol–water partition coefficient (Wildman–Crippen LogP) is 6.37. The molecule has 0 spiro atoms. The molecular weight excluding hydrogens is 517 g/mol. The quantitative estimate of drug-likeness (QED) is 0.356. The number of thioether (sulfide) groups is 1. The first-order valence-electron chi connectivity index (χ1n) is 10.4. The smallest absolute Gasteiger partial charge is 0.416 e. The molecule has 3 aromatic rings. The molecule has 1 N–H and O–H groups in total. The van der Waals surface area contributed by atoms with E-state index in [9.17, 15) is 22.8 Å². The van der Waals surface area contributed by atoms with E-state index in [1.54, 1.807) is 48.5 Å². The van der Waals surface area contributed by atoms with Crippen LogP contribution in [0.25, 0.3) is 0 Å². The molecule has 0 saturated carbocycles. The van der Waals surface area contributed by atoms with Gasteiger partial charge in [0.1, 0.15) is 22.1 Å². The molecule has 0 bridgehead atoms. The standard InChI is InChI=1S/C25H18ClF3N2O4S/c1-34-15-9-11-18(20(13-15)35-2)30-21-22(36-16-6-4-3-5-7-16)24(33)31(23(21)32)19-12-14(25(27,28)29)8-10-17(19)26/h3-13,30H,1-2H3. The highest BCUT2D eigenvalue weighted by Gasteiger charge is 2.42. The summed E-state index contributed by atoms with van der Waals surface area (Å²) in [5.74, 6) is -0.860. The average molecular weight is 535 g/mol. The highest BCUT2D eigenvalue weighted by atomic mass is 35.5. The van der Waals surface area contributed by atoms with Crippen LogP contribution in [0.3, 0.4) is 0 Å². The molecule has 2 amide bonds. The Morgan fingerprint density at radius 1 is 0.917 bits per heavy atom. The number of benzene rings is 3. The summed E-state index contributed by atoms with van der Waals surface area (Å²) in [6.45, 7) is 0. The lowest BCUT2D eigenvalue weighted by Gasteiger charge is -2.19. The lowest BCUT2D eigenvalue weighted by atomic mass is 10.2. The van der Waals surface area contributed by atoms with Crippen LogP contribution in [-0.2, 0) is 15.8 Å². The van der Waals surface area contributed by atoms with Gasteiger partial charge in [0.2, 0.25) is 0 Å². The highest BCUT2D eigenvalue weighted by Crippen LogP contribution is 2.42. The number of anilines is 2. The van der Waals surface area contributed by atoms with Crippen molar-refractivity contribution in [3.8, 4) is 11.5 Å². The summed E-state index contributed by atoms with van der Waals surface area (Å²) < 4.78 is 50.7. The maximum Gasteiger partial charge on any atom is 0.416 e. The van der Waals surface area contributed by atoms with Crippen LogP contribution >= 0.6 is 23.4 Å². The van der Waals surface area contributed by atoms with Gasteiger partial charge in [-0.2, -0.15) is 13.2 Å². The molecule has 6 nitrogen and oxygen atoms in total. The van der Waals surface area contributed by atoms with Crippen molar-refractivity contribution < 1.29 is 32.2 Å². The third-order valence-corrected chi connectivity index (χ3v) is 6.60. The maximum atomic E-state index is 13.5. The summed E-state index contributed by atoms with van der Waals surface area (Å²) in [4.78, 5) is 28.3. The number of rotatable bonds is 7. The van der Waals surface area contributed by atoms with E-state index in [0.29, 0.717) is 33.0 Å². The van der Waals surface area contributed by atoms with Gasteiger partial charge >= 0.3 is 6.18 Å². The Morgan fingerprint density at radius 3 is 2.28 bits per heavy atom. The SMILES string of the molecule is COc1ccc(NC2=C(Sc3ccccc3)C(=O)N(c3cc(C(F)(F)F)ccc3Cl)C2=O)c(OC)c1. The Balaban J connectivity index is 1.81. The largest absolute Gasteiger partial charge is 0.497 e. The number of ether oxygens (including phenoxy) is 2. The topological polar surface area (TPSA) is 67.9 Å². The summed E-state index contributed by atoms with van der Waals surface area (Å²) in [7, 11) is 2.90. The van der Waals surface area contributed by atoms with Crippen LogP contribution in [0.15, 0.2) is 82.2 Å². The van der Waals surface area contributed by atoms with Crippen molar-refractivity contribution in [3.05, 3.63) is 87.9 Å². The summed E-state index contributed by atoms with van der Waals surface area (Å²) in [6.07, 6.45) is -4.70. The molecule has 0 aromatic heterocycles. The molecule has 11 heteroatoms. The number of hydrogen-bond donors (Lipinski definition) is 1. The lowest BCUT2D eigenvalue weighted by Crippen LogP contribution is -2.33. The summed E-state index contributed by atoms with van der Waals surface area (Å²) >= 11 is 7.16. The van der Waals surface area contributed by atoms with Gasteiger partial charge in [0, 0.05) is 11.0 Å². The molecular formula is C25H18ClF3N2O4S. The Bertz CT molecular complexity index is 1360. The van der Waals surface area contributed by atoms with Crippen LogP contribution in [-0.4, -0.2) is 26.0 Å². The zero-order chi connectivity index (χ0) is 26.0. The summed E-state index contributed by atoms with van der Waals surface area (Å²) in [6, 6.07) is 16.0. The number of carbonyl (C=O) groups is 2. The Labute approximate surface area is 213 Å². The van der Waals surface area contributed by atoms with E-state index in [-0.39, 0.29) is 21.3 Å².